The first kappa shape index (κ1) is 13.9. The Hall–Kier alpha value is -1.04. The normalized spacial score (nSPS) is 28.4. The number of nitrogens with zero attached hydrogens (tertiary/aromatic N) is 1. The summed E-state index contributed by atoms with van der Waals surface area (Å²) in [4.78, 5) is 2.14. The van der Waals surface area contributed by atoms with E-state index in [0.29, 0.717) is 6.54 Å². The molecule has 2 aliphatic rings. The Morgan fingerprint density at radius 2 is 2.20 bits per heavy atom. The van der Waals surface area contributed by atoms with Crippen molar-refractivity contribution in [3.8, 4) is 0 Å². The lowest BCUT2D eigenvalue weighted by Gasteiger charge is -2.24. The van der Waals surface area contributed by atoms with Gasteiger partial charge < -0.3 is 9.84 Å². The first-order valence-corrected chi connectivity index (χ1v) is 7.01. The van der Waals surface area contributed by atoms with Gasteiger partial charge in [0.15, 0.2) is 0 Å². The zero-order valence-electron chi connectivity index (χ0n) is 11.3. The van der Waals surface area contributed by atoms with Crippen LogP contribution in [0.25, 0.3) is 0 Å². The Morgan fingerprint density at radius 1 is 1.35 bits per heavy atom. The van der Waals surface area contributed by atoms with Gasteiger partial charge in [0.25, 0.3) is 0 Å². The molecule has 0 radical (unpaired) electrons. The highest BCUT2D eigenvalue weighted by molar-refractivity contribution is 5.21. The number of aliphatic hydroxyl groups is 1. The van der Waals surface area contributed by atoms with E-state index in [9.17, 15) is 13.9 Å². The number of benzene rings is 1. The maximum atomic E-state index is 13.6. The molecule has 2 aliphatic heterocycles. The number of halogens is 2. The molecule has 0 bridgehead atoms. The Bertz CT molecular complexity index is 489. The van der Waals surface area contributed by atoms with Gasteiger partial charge in [0.1, 0.15) is 11.6 Å². The molecule has 2 fully saturated rings. The highest BCUT2D eigenvalue weighted by Crippen LogP contribution is 2.38. The SMILES string of the molecule is OC(CN1CCC2(CCOC2)C1)c1ccc(F)cc1F. The quantitative estimate of drug-likeness (QED) is 0.922. The Labute approximate surface area is 117 Å². The van der Waals surface area contributed by atoms with Crippen LogP contribution in [-0.2, 0) is 4.74 Å². The van der Waals surface area contributed by atoms with Gasteiger partial charge in [0.2, 0.25) is 0 Å². The molecule has 110 valence electrons. The molecule has 2 saturated heterocycles. The molecule has 1 aromatic carbocycles. The summed E-state index contributed by atoms with van der Waals surface area (Å²) in [6.45, 7) is 3.74. The van der Waals surface area contributed by atoms with Gasteiger partial charge in [0, 0.05) is 36.7 Å². The fourth-order valence-electron chi connectivity index (χ4n) is 3.27. The molecule has 1 spiro atoms. The third-order valence-corrected chi connectivity index (χ3v) is 4.45. The number of rotatable bonds is 3. The zero-order valence-corrected chi connectivity index (χ0v) is 11.3. The van der Waals surface area contributed by atoms with Crippen molar-refractivity contribution < 1.29 is 18.6 Å². The van der Waals surface area contributed by atoms with Crippen LogP contribution in [0.4, 0.5) is 8.78 Å². The average molecular weight is 283 g/mol. The van der Waals surface area contributed by atoms with Crippen molar-refractivity contribution in [3.05, 3.63) is 35.4 Å². The number of likely N-dealkylation sites (tertiary alicyclic amines) is 1. The van der Waals surface area contributed by atoms with Crippen molar-refractivity contribution in [2.45, 2.75) is 18.9 Å². The van der Waals surface area contributed by atoms with Gasteiger partial charge in [-0.25, -0.2) is 8.78 Å². The van der Waals surface area contributed by atoms with Gasteiger partial charge in [-0.2, -0.15) is 0 Å². The molecule has 5 heteroatoms. The van der Waals surface area contributed by atoms with Crippen LogP contribution in [0, 0.1) is 17.0 Å². The minimum Gasteiger partial charge on any atom is -0.387 e. The first-order chi connectivity index (χ1) is 9.58. The molecule has 0 saturated carbocycles. The van der Waals surface area contributed by atoms with Crippen molar-refractivity contribution in [1.82, 2.24) is 4.90 Å². The third kappa shape index (κ3) is 2.71. The number of ether oxygens (including phenoxy) is 1. The fraction of sp³-hybridized carbons (Fsp3) is 0.600. The summed E-state index contributed by atoms with van der Waals surface area (Å²) < 4.78 is 32.0. The number of β-amino-alcohol motifs (C(OH)–C–C–N with tert-alkyl or cyclic N) is 1. The van der Waals surface area contributed by atoms with Crippen LogP contribution in [0.2, 0.25) is 0 Å². The summed E-state index contributed by atoms with van der Waals surface area (Å²) in [5.74, 6) is -1.31. The second-order valence-corrected chi connectivity index (χ2v) is 5.97. The van der Waals surface area contributed by atoms with Crippen molar-refractivity contribution in [2.75, 3.05) is 32.8 Å². The lowest BCUT2D eigenvalue weighted by atomic mass is 9.87. The summed E-state index contributed by atoms with van der Waals surface area (Å²) in [5.41, 5.74) is 0.385. The minimum atomic E-state index is -0.923. The molecular formula is C15H19F2NO2. The van der Waals surface area contributed by atoms with Crippen molar-refractivity contribution >= 4 is 0 Å². The second-order valence-electron chi connectivity index (χ2n) is 5.97. The third-order valence-electron chi connectivity index (χ3n) is 4.45. The summed E-state index contributed by atoms with van der Waals surface area (Å²) in [7, 11) is 0. The molecule has 3 rings (SSSR count). The number of hydrogen-bond donors (Lipinski definition) is 1. The van der Waals surface area contributed by atoms with E-state index in [0.717, 1.165) is 45.2 Å². The molecule has 20 heavy (non-hydrogen) atoms. The molecule has 1 N–H and O–H groups in total. The van der Waals surface area contributed by atoms with E-state index in [1.165, 1.54) is 12.1 Å². The average Bonchev–Trinajstić information content (AvgIpc) is 3.00. The van der Waals surface area contributed by atoms with E-state index in [2.05, 4.69) is 4.90 Å². The molecule has 2 unspecified atom stereocenters. The minimum absolute atomic E-state index is 0.162. The number of hydrogen-bond acceptors (Lipinski definition) is 3. The van der Waals surface area contributed by atoms with Crippen LogP contribution in [0.5, 0.6) is 0 Å². The van der Waals surface area contributed by atoms with Gasteiger partial charge in [-0.3, -0.25) is 4.90 Å². The van der Waals surface area contributed by atoms with Crippen LogP contribution in [0.1, 0.15) is 24.5 Å². The monoisotopic (exact) mass is 283 g/mol. The summed E-state index contributed by atoms with van der Waals surface area (Å²) >= 11 is 0. The van der Waals surface area contributed by atoms with E-state index in [4.69, 9.17) is 4.74 Å². The molecule has 2 atom stereocenters. The lowest BCUT2D eigenvalue weighted by molar-refractivity contribution is 0.109. The number of aliphatic hydroxyl groups excluding tert-OH is 1. The van der Waals surface area contributed by atoms with Crippen LogP contribution in [0.15, 0.2) is 18.2 Å². The molecule has 0 amide bonds. The van der Waals surface area contributed by atoms with Crippen molar-refractivity contribution in [2.24, 2.45) is 5.41 Å². The van der Waals surface area contributed by atoms with Crippen LogP contribution >= 0.6 is 0 Å². The Kier molecular flexibility index (Phi) is 3.75. The molecule has 2 heterocycles. The van der Waals surface area contributed by atoms with Crippen molar-refractivity contribution in [3.63, 3.8) is 0 Å². The summed E-state index contributed by atoms with van der Waals surface area (Å²) in [6.07, 6.45) is 1.20. The maximum absolute atomic E-state index is 13.6. The molecular weight excluding hydrogens is 264 g/mol. The predicted molar refractivity (Wildman–Crippen MR) is 70.2 cm³/mol. The van der Waals surface area contributed by atoms with Crippen LogP contribution in [-0.4, -0.2) is 42.9 Å². The molecule has 1 aromatic rings. The topological polar surface area (TPSA) is 32.7 Å². The second kappa shape index (κ2) is 5.39. The Balaban J connectivity index is 1.63. The van der Waals surface area contributed by atoms with Crippen LogP contribution < -0.4 is 0 Å². The van der Waals surface area contributed by atoms with Gasteiger partial charge in [0.05, 0.1) is 12.7 Å². The summed E-state index contributed by atoms with van der Waals surface area (Å²) in [6, 6.07) is 3.31. The molecule has 0 aromatic heterocycles. The lowest BCUT2D eigenvalue weighted by Crippen LogP contribution is -2.31. The standard InChI is InChI=1S/C15H19F2NO2/c16-11-1-2-12(13(17)7-11)14(19)8-18-5-3-15(9-18)4-6-20-10-15/h1-2,7,14,19H,3-6,8-10H2. The largest absolute Gasteiger partial charge is 0.387 e. The Morgan fingerprint density at radius 3 is 2.90 bits per heavy atom. The van der Waals surface area contributed by atoms with E-state index in [1.807, 2.05) is 0 Å². The molecule has 0 aliphatic carbocycles. The first-order valence-electron chi connectivity index (χ1n) is 7.01. The van der Waals surface area contributed by atoms with Gasteiger partial charge in [-0.05, 0) is 25.5 Å². The van der Waals surface area contributed by atoms with Gasteiger partial charge in [-0.15, -0.1) is 0 Å². The van der Waals surface area contributed by atoms with Crippen LogP contribution in [0.3, 0.4) is 0 Å². The molecule has 3 nitrogen and oxygen atoms in total. The smallest absolute Gasteiger partial charge is 0.131 e. The van der Waals surface area contributed by atoms with Crippen molar-refractivity contribution in [1.29, 1.82) is 0 Å². The fourth-order valence-corrected chi connectivity index (χ4v) is 3.27. The van der Waals surface area contributed by atoms with Gasteiger partial charge in [-0.1, -0.05) is 6.07 Å². The van der Waals surface area contributed by atoms with E-state index in [-0.39, 0.29) is 11.0 Å². The van der Waals surface area contributed by atoms with E-state index < -0.39 is 17.7 Å². The van der Waals surface area contributed by atoms with E-state index in [1.54, 1.807) is 0 Å². The highest BCUT2D eigenvalue weighted by Gasteiger charge is 2.41. The highest BCUT2D eigenvalue weighted by atomic mass is 19.1. The zero-order chi connectivity index (χ0) is 14.2. The van der Waals surface area contributed by atoms with E-state index >= 15 is 0 Å². The summed E-state index contributed by atoms with van der Waals surface area (Å²) in [5, 5.41) is 10.1. The van der Waals surface area contributed by atoms with Gasteiger partial charge >= 0.3 is 0 Å². The predicted octanol–water partition coefficient (Wildman–Crippen LogP) is 2.11. The maximum Gasteiger partial charge on any atom is 0.131 e.